The van der Waals surface area contributed by atoms with Gasteiger partial charge in [-0.05, 0) is 31.2 Å². The van der Waals surface area contributed by atoms with E-state index in [9.17, 15) is 8.42 Å². The molecule has 0 N–H and O–H groups in total. The van der Waals surface area contributed by atoms with Crippen LogP contribution in [0.1, 0.15) is 25.3 Å². The Hall–Kier alpha value is -1.37. The first kappa shape index (κ1) is 16.5. The topological polar surface area (TPSA) is 55.2 Å². The molecule has 0 amide bonds. The fourth-order valence-electron chi connectivity index (χ4n) is 2.70. The third-order valence-electron chi connectivity index (χ3n) is 4.33. The van der Waals surface area contributed by atoms with Gasteiger partial charge >= 0.3 is 0 Å². The van der Waals surface area contributed by atoms with Crippen LogP contribution < -0.4 is 0 Å². The number of imidazole rings is 1. The molecule has 0 radical (unpaired) electrons. The van der Waals surface area contributed by atoms with E-state index >= 15 is 0 Å². The molecule has 0 aliphatic heterocycles. The van der Waals surface area contributed by atoms with E-state index < -0.39 is 10.0 Å². The van der Waals surface area contributed by atoms with Crippen molar-refractivity contribution in [3.05, 3.63) is 47.4 Å². The Morgan fingerprint density at radius 1 is 1.35 bits per heavy atom. The van der Waals surface area contributed by atoms with Crippen LogP contribution in [0.5, 0.6) is 0 Å². The molecule has 3 rings (SSSR count). The predicted molar refractivity (Wildman–Crippen MR) is 89.6 cm³/mol. The first-order valence-electron chi connectivity index (χ1n) is 7.64. The van der Waals surface area contributed by atoms with Crippen molar-refractivity contribution in [2.75, 3.05) is 0 Å². The highest BCUT2D eigenvalue weighted by atomic mass is 35.5. The fourth-order valence-corrected chi connectivity index (χ4v) is 4.78. The average Bonchev–Trinajstić information content (AvgIpc) is 3.32. The second-order valence-electron chi connectivity index (χ2n) is 6.07. The normalized spacial score (nSPS) is 16.7. The summed E-state index contributed by atoms with van der Waals surface area (Å²) < 4.78 is 29.3. The summed E-state index contributed by atoms with van der Waals surface area (Å²) in [4.78, 5) is 4.01. The molecule has 1 fully saturated rings. The summed E-state index contributed by atoms with van der Waals surface area (Å²) in [5.74, 6) is 0.413. The van der Waals surface area contributed by atoms with Crippen LogP contribution in [0.25, 0.3) is 0 Å². The monoisotopic (exact) mass is 353 g/mol. The van der Waals surface area contributed by atoms with E-state index in [2.05, 4.69) is 4.98 Å². The van der Waals surface area contributed by atoms with Crippen LogP contribution in [0.2, 0.25) is 5.15 Å². The highest BCUT2D eigenvalue weighted by Gasteiger charge is 2.40. The molecule has 0 unspecified atom stereocenters. The number of hydrogen-bond acceptors (Lipinski definition) is 3. The summed E-state index contributed by atoms with van der Waals surface area (Å²) in [6, 6.07) is 9.54. The molecule has 7 heteroatoms. The highest BCUT2D eigenvalue weighted by Crippen LogP contribution is 2.38. The molecule has 0 spiro atoms. The van der Waals surface area contributed by atoms with E-state index in [1.165, 1.54) is 15.2 Å². The Balaban J connectivity index is 1.98. The molecule has 0 saturated heterocycles. The summed E-state index contributed by atoms with van der Waals surface area (Å²) >= 11 is 6.13. The summed E-state index contributed by atoms with van der Waals surface area (Å²) in [6.45, 7) is 2.29. The van der Waals surface area contributed by atoms with Crippen LogP contribution in [0.4, 0.5) is 0 Å². The molecule has 1 aromatic carbocycles. The highest BCUT2D eigenvalue weighted by molar-refractivity contribution is 7.89. The minimum atomic E-state index is -3.74. The molecule has 1 heterocycles. The molecule has 2 aromatic rings. The first-order chi connectivity index (χ1) is 10.9. The molecular formula is C16H20ClN3O2S. The van der Waals surface area contributed by atoms with Crippen LogP contribution in [-0.4, -0.2) is 28.3 Å². The molecule has 1 aliphatic rings. The van der Waals surface area contributed by atoms with Gasteiger partial charge in [-0.15, -0.1) is 0 Å². The summed E-state index contributed by atoms with van der Waals surface area (Å²) in [7, 11) is -2.06. The van der Waals surface area contributed by atoms with E-state index in [0.29, 0.717) is 12.5 Å². The Kier molecular flexibility index (Phi) is 4.49. The van der Waals surface area contributed by atoms with Gasteiger partial charge in [0.2, 0.25) is 5.03 Å². The molecule has 1 aliphatic carbocycles. The molecule has 0 bridgehead atoms. The lowest BCUT2D eigenvalue weighted by Crippen LogP contribution is -2.39. The lowest BCUT2D eigenvalue weighted by Gasteiger charge is -2.28. The third-order valence-corrected chi connectivity index (χ3v) is 6.75. The smallest absolute Gasteiger partial charge is 0.264 e. The van der Waals surface area contributed by atoms with Gasteiger partial charge in [-0.2, -0.15) is 4.31 Å². The predicted octanol–water partition coefficient (Wildman–Crippen LogP) is 3.06. The van der Waals surface area contributed by atoms with Crippen LogP contribution in [-0.2, 0) is 23.6 Å². The van der Waals surface area contributed by atoms with Gasteiger partial charge in [0.25, 0.3) is 10.0 Å². The number of sulfonamides is 1. The van der Waals surface area contributed by atoms with Gasteiger partial charge in [-0.1, -0.05) is 41.9 Å². The van der Waals surface area contributed by atoms with Crippen molar-refractivity contribution in [2.24, 2.45) is 13.0 Å². The van der Waals surface area contributed by atoms with Gasteiger partial charge in [-0.25, -0.2) is 13.4 Å². The van der Waals surface area contributed by atoms with E-state index in [1.807, 2.05) is 37.3 Å². The fraction of sp³-hybridized carbons (Fsp3) is 0.438. The SMILES string of the molecule is C[C@@H](C1CC1)N(Cc1ccccc1)S(=O)(=O)c1ncn(C)c1Cl. The van der Waals surface area contributed by atoms with Gasteiger partial charge in [0.1, 0.15) is 5.15 Å². The van der Waals surface area contributed by atoms with Crippen LogP contribution in [0.3, 0.4) is 0 Å². The summed E-state index contributed by atoms with van der Waals surface area (Å²) in [6.07, 6.45) is 3.56. The molecule has 1 aromatic heterocycles. The lowest BCUT2D eigenvalue weighted by molar-refractivity contribution is 0.302. The number of nitrogens with zero attached hydrogens (tertiary/aromatic N) is 3. The zero-order valence-electron chi connectivity index (χ0n) is 13.2. The Morgan fingerprint density at radius 3 is 2.52 bits per heavy atom. The Labute approximate surface area is 141 Å². The lowest BCUT2D eigenvalue weighted by atomic mass is 10.2. The van der Waals surface area contributed by atoms with Crippen molar-refractivity contribution < 1.29 is 8.42 Å². The standard InChI is InChI=1S/C16H20ClN3O2S/c1-12(14-8-9-14)20(10-13-6-4-3-5-7-13)23(21,22)16-15(17)19(2)11-18-16/h3-7,11-12,14H,8-10H2,1-2H3/t12-/m0/s1. The number of hydrogen-bond donors (Lipinski definition) is 0. The number of aromatic nitrogens is 2. The zero-order valence-corrected chi connectivity index (χ0v) is 14.8. The van der Waals surface area contributed by atoms with Crippen molar-refractivity contribution >= 4 is 21.6 Å². The second kappa shape index (κ2) is 6.26. The van der Waals surface area contributed by atoms with E-state index in [1.54, 1.807) is 7.05 Å². The van der Waals surface area contributed by atoms with Gasteiger partial charge in [0.15, 0.2) is 0 Å². The van der Waals surface area contributed by atoms with Crippen LogP contribution >= 0.6 is 11.6 Å². The van der Waals surface area contributed by atoms with Gasteiger partial charge in [0.05, 0.1) is 6.33 Å². The number of benzene rings is 1. The van der Waals surface area contributed by atoms with Crippen molar-refractivity contribution in [2.45, 2.75) is 37.4 Å². The number of rotatable bonds is 6. The average molecular weight is 354 g/mol. The maximum atomic E-state index is 13.1. The molecule has 5 nitrogen and oxygen atoms in total. The van der Waals surface area contributed by atoms with E-state index in [-0.39, 0.29) is 16.2 Å². The second-order valence-corrected chi connectivity index (χ2v) is 8.23. The maximum Gasteiger partial charge on any atom is 0.264 e. The van der Waals surface area contributed by atoms with Crippen molar-refractivity contribution in [1.29, 1.82) is 0 Å². The van der Waals surface area contributed by atoms with Gasteiger partial charge < -0.3 is 4.57 Å². The van der Waals surface area contributed by atoms with Gasteiger partial charge in [0, 0.05) is 19.6 Å². The van der Waals surface area contributed by atoms with Crippen molar-refractivity contribution in [3.63, 3.8) is 0 Å². The van der Waals surface area contributed by atoms with Crippen molar-refractivity contribution in [3.8, 4) is 0 Å². The quantitative estimate of drug-likeness (QED) is 0.802. The maximum absolute atomic E-state index is 13.1. The zero-order chi connectivity index (χ0) is 16.6. The van der Waals surface area contributed by atoms with Gasteiger partial charge in [-0.3, -0.25) is 0 Å². The van der Waals surface area contributed by atoms with Crippen LogP contribution in [0, 0.1) is 5.92 Å². The van der Waals surface area contributed by atoms with Crippen molar-refractivity contribution in [1.82, 2.24) is 13.9 Å². The number of aryl methyl sites for hydroxylation is 1. The first-order valence-corrected chi connectivity index (χ1v) is 9.45. The third kappa shape index (κ3) is 3.29. The molecule has 23 heavy (non-hydrogen) atoms. The molecular weight excluding hydrogens is 334 g/mol. The summed E-state index contributed by atoms with van der Waals surface area (Å²) in [5.41, 5.74) is 0.954. The molecule has 1 saturated carbocycles. The largest absolute Gasteiger partial charge is 0.324 e. The molecule has 1 atom stereocenters. The van der Waals surface area contributed by atoms with E-state index in [0.717, 1.165) is 18.4 Å². The van der Waals surface area contributed by atoms with E-state index in [4.69, 9.17) is 11.6 Å². The summed E-state index contributed by atoms with van der Waals surface area (Å²) in [5, 5.41) is 0.0798. The minimum absolute atomic E-state index is 0.0647. The number of halogens is 1. The molecule has 124 valence electrons. The Morgan fingerprint density at radius 2 is 2.00 bits per heavy atom. The minimum Gasteiger partial charge on any atom is -0.324 e. The van der Waals surface area contributed by atoms with Crippen LogP contribution in [0.15, 0.2) is 41.7 Å². The Bertz CT molecular complexity index is 785.